The molecule has 1 aliphatic rings. The number of hydrogen-bond donors (Lipinski definition) is 0. The first-order valence-corrected chi connectivity index (χ1v) is 6.33. The summed E-state index contributed by atoms with van der Waals surface area (Å²) in [6.07, 6.45) is 6.59. The quantitative estimate of drug-likeness (QED) is 0.707. The molecular weight excluding hydrogens is 257 g/mol. The normalized spacial score (nSPS) is 31.5. The predicted molar refractivity (Wildman–Crippen MR) is 62.7 cm³/mol. The zero-order chi connectivity index (χ0) is 10.8. The van der Waals surface area contributed by atoms with Crippen LogP contribution in [0.15, 0.2) is 18.5 Å². The van der Waals surface area contributed by atoms with E-state index in [1.807, 2.05) is 0 Å². The summed E-state index contributed by atoms with van der Waals surface area (Å²) in [5.74, 6) is 0.852. The molecule has 3 heteroatoms. The molecule has 1 heterocycles. The number of pyridine rings is 1. The molecule has 0 N–H and O–H groups in total. The molecule has 0 bridgehead atoms. The molecule has 0 amide bonds. The molecule has 1 aliphatic carbocycles. The van der Waals surface area contributed by atoms with Gasteiger partial charge in [0.05, 0.1) is 6.20 Å². The number of aromatic nitrogens is 1. The number of alkyl halides is 1. The lowest BCUT2D eigenvalue weighted by molar-refractivity contribution is 0.339. The van der Waals surface area contributed by atoms with Gasteiger partial charge in [0.1, 0.15) is 5.82 Å². The summed E-state index contributed by atoms with van der Waals surface area (Å²) in [4.78, 5) is 4.50. The van der Waals surface area contributed by atoms with Gasteiger partial charge in [0, 0.05) is 11.0 Å². The molecule has 1 fully saturated rings. The van der Waals surface area contributed by atoms with Crippen LogP contribution >= 0.6 is 15.9 Å². The van der Waals surface area contributed by atoms with Gasteiger partial charge in [-0.05, 0) is 42.7 Å². The molecule has 0 spiro atoms. The zero-order valence-electron chi connectivity index (χ0n) is 8.79. The van der Waals surface area contributed by atoms with Crippen molar-refractivity contribution in [3.8, 4) is 0 Å². The summed E-state index contributed by atoms with van der Waals surface area (Å²) < 4.78 is 13.1. The Hall–Kier alpha value is -0.440. The molecule has 0 aliphatic heterocycles. The van der Waals surface area contributed by atoms with Crippen LogP contribution in [0.2, 0.25) is 0 Å². The molecule has 15 heavy (non-hydrogen) atoms. The highest BCUT2D eigenvalue weighted by Gasteiger charge is 2.27. The second kappa shape index (κ2) is 4.60. The van der Waals surface area contributed by atoms with Gasteiger partial charge in [0.2, 0.25) is 0 Å². The van der Waals surface area contributed by atoms with Crippen molar-refractivity contribution in [3.05, 3.63) is 29.8 Å². The highest BCUT2D eigenvalue weighted by atomic mass is 79.9. The van der Waals surface area contributed by atoms with E-state index in [0.717, 1.165) is 12.0 Å². The molecule has 0 aromatic carbocycles. The summed E-state index contributed by atoms with van der Waals surface area (Å²) in [5.41, 5.74) is 1.05. The molecule has 2 rings (SSSR count). The standard InChI is InChI=1S/C12H15BrFN/c1-8-2-3-10(13)5-12(8)9-4-11(14)7-15-6-9/h4,6-8,10,12H,2-3,5H2,1H3. The van der Waals surface area contributed by atoms with Crippen molar-refractivity contribution in [3.63, 3.8) is 0 Å². The first kappa shape index (κ1) is 11.1. The maximum absolute atomic E-state index is 13.1. The van der Waals surface area contributed by atoms with Gasteiger partial charge < -0.3 is 0 Å². The average Bonchev–Trinajstić information content (AvgIpc) is 2.22. The zero-order valence-corrected chi connectivity index (χ0v) is 10.4. The van der Waals surface area contributed by atoms with E-state index >= 15 is 0 Å². The minimum atomic E-state index is -0.226. The monoisotopic (exact) mass is 271 g/mol. The number of rotatable bonds is 1. The van der Waals surface area contributed by atoms with Gasteiger partial charge >= 0.3 is 0 Å². The highest BCUT2D eigenvalue weighted by molar-refractivity contribution is 9.09. The van der Waals surface area contributed by atoms with Crippen molar-refractivity contribution in [2.24, 2.45) is 5.92 Å². The minimum absolute atomic E-state index is 0.226. The molecule has 3 atom stereocenters. The first-order chi connectivity index (χ1) is 7.16. The SMILES string of the molecule is CC1CCC(Br)CC1c1cncc(F)c1. The van der Waals surface area contributed by atoms with Gasteiger partial charge in [-0.1, -0.05) is 22.9 Å². The Morgan fingerprint density at radius 3 is 2.93 bits per heavy atom. The Bertz CT molecular complexity index is 342. The molecule has 1 aromatic rings. The Kier molecular flexibility index (Phi) is 3.39. The summed E-state index contributed by atoms with van der Waals surface area (Å²) >= 11 is 3.66. The fraction of sp³-hybridized carbons (Fsp3) is 0.583. The Morgan fingerprint density at radius 2 is 2.20 bits per heavy atom. The van der Waals surface area contributed by atoms with Crippen LogP contribution in [0.25, 0.3) is 0 Å². The largest absolute Gasteiger partial charge is 0.261 e. The summed E-state index contributed by atoms with van der Waals surface area (Å²) in [5, 5.41) is 0. The maximum Gasteiger partial charge on any atom is 0.141 e. The van der Waals surface area contributed by atoms with Crippen LogP contribution < -0.4 is 0 Å². The molecule has 1 aromatic heterocycles. The molecule has 0 radical (unpaired) electrons. The van der Waals surface area contributed by atoms with Crippen LogP contribution in [0.1, 0.15) is 37.7 Å². The van der Waals surface area contributed by atoms with E-state index in [4.69, 9.17) is 0 Å². The molecule has 1 saturated carbocycles. The minimum Gasteiger partial charge on any atom is -0.261 e. The van der Waals surface area contributed by atoms with E-state index in [1.54, 1.807) is 12.3 Å². The second-order valence-corrected chi connectivity index (χ2v) is 5.73. The van der Waals surface area contributed by atoms with Crippen LogP contribution in [0.5, 0.6) is 0 Å². The third kappa shape index (κ3) is 2.57. The van der Waals surface area contributed by atoms with Crippen LogP contribution in [0.3, 0.4) is 0 Å². The second-order valence-electron chi connectivity index (χ2n) is 4.43. The smallest absolute Gasteiger partial charge is 0.141 e. The van der Waals surface area contributed by atoms with E-state index in [1.165, 1.54) is 19.0 Å². The van der Waals surface area contributed by atoms with Gasteiger partial charge in [0.15, 0.2) is 0 Å². The Morgan fingerprint density at radius 1 is 1.40 bits per heavy atom. The Balaban J connectivity index is 2.21. The van der Waals surface area contributed by atoms with E-state index in [0.29, 0.717) is 16.7 Å². The summed E-state index contributed by atoms with van der Waals surface area (Å²) in [6, 6.07) is 1.62. The molecule has 0 saturated heterocycles. The molecular formula is C12H15BrFN. The van der Waals surface area contributed by atoms with Crippen molar-refractivity contribution < 1.29 is 4.39 Å². The van der Waals surface area contributed by atoms with Crippen molar-refractivity contribution in [2.75, 3.05) is 0 Å². The van der Waals surface area contributed by atoms with E-state index in [-0.39, 0.29) is 5.82 Å². The lowest BCUT2D eigenvalue weighted by Crippen LogP contribution is -2.21. The summed E-state index contributed by atoms with van der Waals surface area (Å²) in [7, 11) is 0. The third-order valence-corrected chi connectivity index (χ3v) is 4.12. The molecule has 3 unspecified atom stereocenters. The number of hydrogen-bond acceptors (Lipinski definition) is 1. The topological polar surface area (TPSA) is 12.9 Å². The van der Waals surface area contributed by atoms with E-state index < -0.39 is 0 Å². The highest BCUT2D eigenvalue weighted by Crippen LogP contribution is 2.39. The van der Waals surface area contributed by atoms with Crippen LogP contribution in [-0.4, -0.2) is 9.81 Å². The average molecular weight is 272 g/mol. The lowest BCUT2D eigenvalue weighted by atomic mass is 9.77. The van der Waals surface area contributed by atoms with Crippen molar-refractivity contribution in [1.29, 1.82) is 0 Å². The number of halogens is 2. The van der Waals surface area contributed by atoms with Gasteiger partial charge in [-0.15, -0.1) is 0 Å². The Labute approximate surface area is 98.2 Å². The van der Waals surface area contributed by atoms with Gasteiger partial charge in [-0.3, -0.25) is 4.98 Å². The van der Waals surface area contributed by atoms with Crippen LogP contribution in [0, 0.1) is 11.7 Å². The van der Waals surface area contributed by atoms with Gasteiger partial charge in [0.25, 0.3) is 0 Å². The van der Waals surface area contributed by atoms with Crippen molar-refractivity contribution in [1.82, 2.24) is 4.98 Å². The van der Waals surface area contributed by atoms with Gasteiger partial charge in [-0.2, -0.15) is 0 Å². The third-order valence-electron chi connectivity index (χ3n) is 3.29. The lowest BCUT2D eigenvalue weighted by Gasteiger charge is -2.31. The predicted octanol–water partition coefficient (Wildman–Crippen LogP) is 3.89. The fourth-order valence-electron chi connectivity index (χ4n) is 2.37. The summed E-state index contributed by atoms with van der Waals surface area (Å²) in [6.45, 7) is 2.24. The van der Waals surface area contributed by atoms with Crippen LogP contribution in [0.4, 0.5) is 4.39 Å². The van der Waals surface area contributed by atoms with Gasteiger partial charge in [-0.25, -0.2) is 4.39 Å². The van der Waals surface area contributed by atoms with E-state index in [9.17, 15) is 4.39 Å². The van der Waals surface area contributed by atoms with E-state index in [2.05, 4.69) is 27.8 Å². The van der Waals surface area contributed by atoms with Crippen molar-refractivity contribution in [2.45, 2.75) is 36.9 Å². The molecule has 1 nitrogen and oxygen atoms in total. The number of nitrogens with zero attached hydrogens (tertiary/aromatic N) is 1. The first-order valence-electron chi connectivity index (χ1n) is 5.41. The van der Waals surface area contributed by atoms with Crippen molar-refractivity contribution >= 4 is 15.9 Å². The molecule has 82 valence electrons. The van der Waals surface area contributed by atoms with Crippen LogP contribution in [-0.2, 0) is 0 Å². The fourth-order valence-corrected chi connectivity index (χ4v) is 3.03. The maximum atomic E-state index is 13.1.